The summed E-state index contributed by atoms with van der Waals surface area (Å²) in [4.78, 5) is 30.0. The van der Waals surface area contributed by atoms with Gasteiger partial charge < -0.3 is 29.1 Å². The van der Waals surface area contributed by atoms with E-state index in [1.165, 1.54) is 18.2 Å². The van der Waals surface area contributed by atoms with Crippen molar-refractivity contribution in [3.05, 3.63) is 48.2 Å². The topological polar surface area (TPSA) is 98.1 Å². The zero-order chi connectivity index (χ0) is 30.6. The summed E-state index contributed by atoms with van der Waals surface area (Å²) in [7, 11) is 2.06. The average molecular weight is 600 g/mol. The van der Waals surface area contributed by atoms with Crippen molar-refractivity contribution in [3.8, 4) is 17.8 Å². The maximum absolute atomic E-state index is 13.2. The number of aromatic nitrogens is 2. The number of alkyl halides is 3. The highest BCUT2D eigenvalue weighted by molar-refractivity contribution is 5.87. The van der Waals surface area contributed by atoms with Gasteiger partial charge in [-0.3, -0.25) is 4.79 Å². The van der Waals surface area contributed by atoms with Crippen LogP contribution in [0, 0.1) is 11.3 Å². The molecule has 4 heterocycles. The van der Waals surface area contributed by atoms with Crippen LogP contribution in [0.25, 0.3) is 0 Å². The standard InChI is InChI=1S/C30H36F3N7O3/c1-3-27(41)40-17-16-39(18-21(40)12-13-34)28-23-9-7-15-38(25-10-4-5-11-26(25)43-30(31,32)33)19-24(23)35-29(36-28)42-20-22-8-6-14-37(22)2/h3-5,10-11,21-22H,1,6-9,12,14-20H2,2H3/t21?,22-/m0/s1. The first kappa shape index (κ1) is 30.4. The highest BCUT2D eigenvalue weighted by Crippen LogP contribution is 2.37. The van der Waals surface area contributed by atoms with Crippen LogP contribution in [0.15, 0.2) is 36.9 Å². The van der Waals surface area contributed by atoms with Crippen LogP contribution in [0.5, 0.6) is 11.8 Å². The third-order valence-electron chi connectivity index (χ3n) is 8.32. The number of fused-ring (bicyclic) bond motifs is 1. The molecular weight excluding hydrogens is 563 g/mol. The van der Waals surface area contributed by atoms with Crippen molar-refractivity contribution in [3.63, 3.8) is 0 Å². The quantitative estimate of drug-likeness (QED) is 0.419. The third-order valence-corrected chi connectivity index (χ3v) is 8.32. The zero-order valence-electron chi connectivity index (χ0n) is 24.2. The van der Waals surface area contributed by atoms with Gasteiger partial charge in [-0.1, -0.05) is 18.7 Å². The molecule has 13 heteroatoms. The Kier molecular flexibility index (Phi) is 9.25. The van der Waals surface area contributed by atoms with Crippen LogP contribution >= 0.6 is 0 Å². The van der Waals surface area contributed by atoms with Crippen LogP contribution < -0.4 is 19.3 Å². The number of carbonyl (C=O) groups excluding carboxylic acids is 1. The van der Waals surface area contributed by atoms with E-state index in [9.17, 15) is 23.2 Å². The fourth-order valence-corrected chi connectivity index (χ4v) is 6.15. The lowest BCUT2D eigenvalue weighted by atomic mass is 10.1. The van der Waals surface area contributed by atoms with Crippen molar-refractivity contribution in [1.29, 1.82) is 5.26 Å². The van der Waals surface area contributed by atoms with Crippen molar-refractivity contribution in [2.75, 3.05) is 56.2 Å². The Morgan fingerprint density at radius 1 is 1.14 bits per heavy atom. The minimum Gasteiger partial charge on any atom is -0.462 e. The number of amides is 1. The Balaban J connectivity index is 1.49. The Morgan fingerprint density at radius 3 is 2.67 bits per heavy atom. The number of hydrogen-bond donors (Lipinski definition) is 0. The van der Waals surface area contributed by atoms with Crippen LogP contribution in [0.1, 0.15) is 36.9 Å². The number of anilines is 2. The summed E-state index contributed by atoms with van der Waals surface area (Å²) >= 11 is 0. The molecule has 1 aromatic carbocycles. The Bertz CT molecular complexity index is 1370. The molecule has 230 valence electrons. The summed E-state index contributed by atoms with van der Waals surface area (Å²) < 4.78 is 50.2. The van der Waals surface area contributed by atoms with E-state index in [1.807, 2.05) is 4.90 Å². The van der Waals surface area contributed by atoms with Crippen LogP contribution in [-0.4, -0.2) is 90.5 Å². The summed E-state index contributed by atoms with van der Waals surface area (Å²) in [6.45, 7) is 7.01. The molecule has 10 nitrogen and oxygen atoms in total. The summed E-state index contributed by atoms with van der Waals surface area (Å²) in [5, 5.41) is 9.48. The first-order chi connectivity index (χ1) is 20.7. The second kappa shape index (κ2) is 13.1. The van der Waals surface area contributed by atoms with Gasteiger partial charge >= 0.3 is 12.4 Å². The summed E-state index contributed by atoms with van der Waals surface area (Å²) in [5.74, 6) is 0.187. The average Bonchev–Trinajstić information content (AvgIpc) is 3.27. The molecule has 0 spiro atoms. The van der Waals surface area contributed by atoms with Gasteiger partial charge in [0.1, 0.15) is 12.4 Å². The van der Waals surface area contributed by atoms with Gasteiger partial charge in [-0.2, -0.15) is 15.2 Å². The van der Waals surface area contributed by atoms with Gasteiger partial charge in [-0.15, -0.1) is 13.2 Å². The maximum atomic E-state index is 13.2. The summed E-state index contributed by atoms with van der Waals surface area (Å²) in [6.07, 6.45) is -0.0611. The van der Waals surface area contributed by atoms with E-state index >= 15 is 0 Å². The van der Waals surface area contributed by atoms with Crippen molar-refractivity contribution >= 4 is 17.4 Å². The minimum atomic E-state index is -4.82. The minimum absolute atomic E-state index is 0.157. The number of benzene rings is 1. The molecule has 0 aliphatic carbocycles. The molecule has 2 atom stereocenters. The molecule has 1 amide bonds. The molecule has 2 fully saturated rings. The van der Waals surface area contributed by atoms with E-state index < -0.39 is 6.36 Å². The number of carbonyl (C=O) groups is 1. The fraction of sp³-hybridized carbons (Fsp3) is 0.533. The molecular formula is C30H36F3N7O3. The molecule has 3 aliphatic rings. The van der Waals surface area contributed by atoms with Crippen molar-refractivity contribution in [1.82, 2.24) is 19.8 Å². The zero-order valence-corrected chi connectivity index (χ0v) is 24.2. The first-order valence-electron chi connectivity index (χ1n) is 14.5. The van der Waals surface area contributed by atoms with Gasteiger partial charge in [0.2, 0.25) is 5.91 Å². The van der Waals surface area contributed by atoms with Crippen molar-refractivity contribution in [2.24, 2.45) is 0 Å². The second-order valence-corrected chi connectivity index (χ2v) is 11.1. The molecule has 0 radical (unpaired) electrons. The van der Waals surface area contributed by atoms with Crippen LogP contribution in [0.4, 0.5) is 24.7 Å². The number of para-hydroxylation sites is 2. The van der Waals surface area contributed by atoms with Crippen molar-refractivity contribution in [2.45, 2.75) is 57.1 Å². The number of rotatable bonds is 8. The number of hydrogen-bond acceptors (Lipinski definition) is 9. The van der Waals surface area contributed by atoms with Crippen LogP contribution in [0.3, 0.4) is 0 Å². The SMILES string of the molecule is C=CC(=O)N1CCN(c2nc(OC[C@@H]3CCCN3C)nc3c2CCCN(c2ccccc2OC(F)(F)F)C3)CC1CC#N. The highest BCUT2D eigenvalue weighted by Gasteiger charge is 2.35. The van der Waals surface area contributed by atoms with E-state index in [4.69, 9.17) is 14.7 Å². The van der Waals surface area contributed by atoms with Gasteiger partial charge in [0.05, 0.1) is 36.5 Å². The number of halogens is 3. The van der Waals surface area contributed by atoms with E-state index in [2.05, 4.69) is 34.2 Å². The maximum Gasteiger partial charge on any atom is 0.573 e. The second-order valence-electron chi connectivity index (χ2n) is 11.1. The largest absolute Gasteiger partial charge is 0.573 e. The number of ether oxygens (including phenoxy) is 2. The highest BCUT2D eigenvalue weighted by atomic mass is 19.4. The van der Waals surface area contributed by atoms with Gasteiger partial charge in [-0.25, -0.2) is 0 Å². The van der Waals surface area contributed by atoms with Gasteiger partial charge in [0, 0.05) is 37.8 Å². The molecule has 2 aromatic rings. The molecule has 0 bridgehead atoms. The smallest absolute Gasteiger partial charge is 0.462 e. The van der Waals surface area contributed by atoms with E-state index in [-0.39, 0.29) is 42.7 Å². The molecule has 43 heavy (non-hydrogen) atoms. The molecule has 0 N–H and O–H groups in total. The Hall–Kier alpha value is -4.05. The molecule has 5 rings (SSSR count). The van der Waals surface area contributed by atoms with Crippen LogP contribution in [0.2, 0.25) is 0 Å². The summed E-state index contributed by atoms with van der Waals surface area (Å²) in [6, 6.07) is 8.40. The fourth-order valence-electron chi connectivity index (χ4n) is 6.15. The van der Waals surface area contributed by atoms with E-state index in [1.54, 1.807) is 17.0 Å². The predicted molar refractivity (Wildman–Crippen MR) is 154 cm³/mol. The number of piperazine rings is 1. The van der Waals surface area contributed by atoms with Crippen molar-refractivity contribution < 1.29 is 27.4 Å². The van der Waals surface area contributed by atoms with Crippen LogP contribution in [-0.2, 0) is 17.8 Å². The van der Waals surface area contributed by atoms with Gasteiger partial charge in [0.25, 0.3) is 0 Å². The number of nitriles is 1. The monoisotopic (exact) mass is 599 g/mol. The molecule has 1 unspecified atom stereocenters. The molecule has 0 saturated carbocycles. The number of likely N-dealkylation sites (N-methyl/N-ethyl adjacent to an activating group) is 1. The molecule has 3 aliphatic heterocycles. The van der Waals surface area contributed by atoms with E-state index in [0.717, 1.165) is 24.9 Å². The lowest BCUT2D eigenvalue weighted by Crippen LogP contribution is -2.55. The molecule has 2 saturated heterocycles. The Morgan fingerprint density at radius 2 is 1.95 bits per heavy atom. The number of nitrogens with zero attached hydrogens (tertiary/aromatic N) is 7. The lowest BCUT2D eigenvalue weighted by Gasteiger charge is -2.41. The normalized spacial score (nSPS) is 21.1. The van der Waals surface area contributed by atoms with E-state index in [0.29, 0.717) is 62.8 Å². The third kappa shape index (κ3) is 7.13. The van der Waals surface area contributed by atoms with Gasteiger partial charge in [0.15, 0.2) is 5.75 Å². The Labute approximate surface area is 249 Å². The predicted octanol–water partition coefficient (Wildman–Crippen LogP) is 3.92. The first-order valence-corrected chi connectivity index (χ1v) is 14.5. The number of likely N-dealkylation sites (tertiary alicyclic amines) is 1. The molecule has 1 aromatic heterocycles. The summed E-state index contributed by atoms with van der Waals surface area (Å²) in [5.41, 5.74) is 1.88. The van der Waals surface area contributed by atoms with Gasteiger partial charge in [-0.05, 0) is 57.5 Å². The lowest BCUT2D eigenvalue weighted by molar-refractivity contribution is -0.274.